The van der Waals surface area contributed by atoms with E-state index in [0.717, 1.165) is 16.2 Å². The quantitative estimate of drug-likeness (QED) is 0.837. The summed E-state index contributed by atoms with van der Waals surface area (Å²) < 4.78 is 0. The van der Waals surface area contributed by atoms with Crippen molar-refractivity contribution in [2.24, 2.45) is 0 Å². The smallest absolute Gasteiger partial charge is 0.262 e. The molecule has 2 aromatic carbocycles. The highest BCUT2D eigenvalue weighted by atomic mass is 16.2. The molecular weight excluding hydrogens is 330 g/mol. The van der Waals surface area contributed by atoms with Crippen LogP contribution in [0.5, 0.6) is 0 Å². The molecule has 0 radical (unpaired) electrons. The minimum Gasteiger partial charge on any atom is -0.378 e. The second-order valence-electron chi connectivity index (χ2n) is 6.48. The van der Waals surface area contributed by atoms with Crippen LogP contribution in [-0.2, 0) is 11.3 Å². The van der Waals surface area contributed by atoms with E-state index in [0.29, 0.717) is 17.7 Å². The molecule has 6 heteroatoms. The predicted octanol–water partition coefficient (Wildman–Crippen LogP) is 2.05. The van der Waals surface area contributed by atoms with E-state index in [2.05, 4.69) is 5.32 Å². The summed E-state index contributed by atoms with van der Waals surface area (Å²) in [5.41, 5.74) is 2.70. The highest BCUT2D eigenvalue weighted by Gasteiger charge is 2.40. The lowest BCUT2D eigenvalue weighted by Crippen LogP contribution is -2.47. The van der Waals surface area contributed by atoms with Gasteiger partial charge < -0.3 is 10.2 Å². The van der Waals surface area contributed by atoms with Crippen LogP contribution in [-0.4, -0.2) is 42.8 Å². The highest BCUT2D eigenvalue weighted by Crippen LogP contribution is 2.24. The SMILES string of the molecule is C[C@@H](C(=O)NCc1ccc(N(C)C)cc1)N1C(=O)c2ccccc2C1=O. The molecule has 1 atom stereocenters. The van der Waals surface area contributed by atoms with Gasteiger partial charge in [-0.2, -0.15) is 0 Å². The zero-order valence-corrected chi connectivity index (χ0v) is 15.0. The highest BCUT2D eigenvalue weighted by molar-refractivity contribution is 6.22. The molecule has 0 saturated heterocycles. The number of carbonyl (C=O) groups is 3. The van der Waals surface area contributed by atoms with Crippen molar-refractivity contribution < 1.29 is 14.4 Å². The Hall–Kier alpha value is -3.15. The van der Waals surface area contributed by atoms with E-state index >= 15 is 0 Å². The summed E-state index contributed by atoms with van der Waals surface area (Å²) in [6.07, 6.45) is 0. The third-order valence-electron chi connectivity index (χ3n) is 4.51. The van der Waals surface area contributed by atoms with Crippen molar-refractivity contribution in [2.75, 3.05) is 19.0 Å². The number of anilines is 1. The topological polar surface area (TPSA) is 69.7 Å². The Labute approximate surface area is 152 Å². The first-order valence-electron chi connectivity index (χ1n) is 8.41. The van der Waals surface area contributed by atoms with Gasteiger partial charge in [0.25, 0.3) is 11.8 Å². The summed E-state index contributed by atoms with van der Waals surface area (Å²) in [6.45, 7) is 1.90. The van der Waals surface area contributed by atoms with Crippen LogP contribution in [0.15, 0.2) is 48.5 Å². The predicted molar refractivity (Wildman–Crippen MR) is 99.0 cm³/mol. The number of rotatable bonds is 5. The zero-order valence-electron chi connectivity index (χ0n) is 15.0. The second-order valence-corrected chi connectivity index (χ2v) is 6.48. The maximum absolute atomic E-state index is 12.5. The lowest BCUT2D eigenvalue weighted by Gasteiger charge is -2.21. The molecule has 1 aliphatic heterocycles. The van der Waals surface area contributed by atoms with Crippen molar-refractivity contribution >= 4 is 23.4 Å². The minimum absolute atomic E-state index is 0.333. The molecule has 3 amide bonds. The second kappa shape index (κ2) is 7.00. The van der Waals surface area contributed by atoms with Crippen molar-refractivity contribution in [2.45, 2.75) is 19.5 Å². The van der Waals surface area contributed by atoms with Crippen LogP contribution in [0.1, 0.15) is 33.2 Å². The van der Waals surface area contributed by atoms with Gasteiger partial charge in [0.1, 0.15) is 6.04 Å². The number of nitrogens with zero attached hydrogens (tertiary/aromatic N) is 2. The van der Waals surface area contributed by atoms with Crippen molar-refractivity contribution in [3.8, 4) is 0 Å². The Morgan fingerprint density at radius 1 is 1.00 bits per heavy atom. The van der Waals surface area contributed by atoms with Crippen LogP contribution in [0.4, 0.5) is 5.69 Å². The molecule has 26 heavy (non-hydrogen) atoms. The molecule has 6 nitrogen and oxygen atoms in total. The molecule has 134 valence electrons. The van der Waals surface area contributed by atoms with Gasteiger partial charge in [-0.1, -0.05) is 24.3 Å². The molecule has 0 spiro atoms. The average molecular weight is 351 g/mol. The van der Waals surface area contributed by atoms with Crippen LogP contribution >= 0.6 is 0 Å². The number of carbonyl (C=O) groups excluding carboxylic acids is 3. The number of hydrogen-bond acceptors (Lipinski definition) is 4. The van der Waals surface area contributed by atoms with E-state index in [1.807, 2.05) is 43.3 Å². The Bertz CT molecular complexity index is 824. The van der Waals surface area contributed by atoms with Gasteiger partial charge in [0, 0.05) is 26.3 Å². The molecule has 0 fully saturated rings. The molecule has 1 N–H and O–H groups in total. The summed E-state index contributed by atoms with van der Waals surface area (Å²) >= 11 is 0. The first kappa shape index (κ1) is 17.7. The van der Waals surface area contributed by atoms with Gasteiger partial charge in [0.15, 0.2) is 0 Å². The summed E-state index contributed by atoms with van der Waals surface area (Å²) in [6, 6.07) is 13.5. The van der Waals surface area contributed by atoms with E-state index in [4.69, 9.17) is 0 Å². The van der Waals surface area contributed by atoms with E-state index in [1.165, 1.54) is 0 Å². The average Bonchev–Trinajstić information content (AvgIpc) is 2.90. The first-order chi connectivity index (χ1) is 12.4. The van der Waals surface area contributed by atoms with E-state index in [-0.39, 0.29) is 5.91 Å². The first-order valence-corrected chi connectivity index (χ1v) is 8.41. The van der Waals surface area contributed by atoms with Crippen LogP contribution in [0.3, 0.4) is 0 Å². The Morgan fingerprint density at radius 2 is 1.54 bits per heavy atom. The maximum atomic E-state index is 12.5. The van der Waals surface area contributed by atoms with Gasteiger partial charge in [-0.05, 0) is 36.8 Å². The largest absolute Gasteiger partial charge is 0.378 e. The van der Waals surface area contributed by atoms with E-state index in [9.17, 15) is 14.4 Å². The number of nitrogens with one attached hydrogen (secondary N) is 1. The minimum atomic E-state index is -0.872. The fourth-order valence-electron chi connectivity index (χ4n) is 2.93. The van der Waals surface area contributed by atoms with Crippen LogP contribution in [0, 0.1) is 0 Å². The molecule has 0 bridgehead atoms. The van der Waals surface area contributed by atoms with Gasteiger partial charge in [-0.25, -0.2) is 0 Å². The Morgan fingerprint density at radius 3 is 2.04 bits per heavy atom. The van der Waals surface area contributed by atoms with Crippen molar-refractivity contribution in [1.82, 2.24) is 10.2 Å². The summed E-state index contributed by atoms with van der Waals surface area (Å²) in [5, 5.41) is 2.79. The number of hydrogen-bond donors (Lipinski definition) is 1. The van der Waals surface area contributed by atoms with Crippen LogP contribution < -0.4 is 10.2 Å². The molecular formula is C20H21N3O3. The number of benzene rings is 2. The number of imide groups is 1. The summed E-state index contributed by atoms with van der Waals surface area (Å²) in [7, 11) is 3.92. The summed E-state index contributed by atoms with van der Waals surface area (Å²) in [5.74, 6) is -1.22. The molecule has 1 heterocycles. The van der Waals surface area contributed by atoms with Gasteiger partial charge >= 0.3 is 0 Å². The number of fused-ring (bicyclic) bond motifs is 1. The van der Waals surface area contributed by atoms with E-state index < -0.39 is 17.9 Å². The molecule has 2 aromatic rings. The fraction of sp³-hybridized carbons (Fsp3) is 0.250. The van der Waals surface area contributed by atoms with Gasteiger partial charge in [0.05, 0.1) is 11.1 Å². The van der Waals surface area contributed by atoms with Crippen LogP contribution in [0.25, 0.3) is 0 Å². The van der Waals surface area contributed by atoms with Crippen molar-refractivity contribution in [1.29, 1.82) is 0 Å². The molecule has 0 unspecified atom stereocenters. The molecule has 1 aliphatic rings. The Balaban J connectivity index is 1.65. The fourth-order valence-corrected chi connectivity index (χ4v) is 2.93. The Kier molecular flexibility index (Phi) is 4.75. The third kappa shape index (κ3) is 3.18. The molecule has 3 rings (SSSR count). The van der Waals surface area contributed by atoms with E-state index in [1.54, 1.807) is 31.2 Å². The zero-order chi connectivity index (χ0) is 18.8. The number of amides is 3. The lowest BCUT2D eigenvalue weighted by molar-refractivity contribution is -0.124. The van der Waals surface area contributed by atoms with Crippen molar-refractivity contribution in [3.05, 3.63) is 65.2 Å². The lowest BCUT2D eigenvalue weighted by atomic mass is 10.1. The van der Waals surface area contributed by atoms with Crippen LogP contribution in [0.2, 0.25) is 0 Å². The normalized spacial score (nSPS) is 14.2. The standard InChI is InChI=1S/C20H21N3O3/c1-13(23-19(25)16-6-4-5-7-17(16)20(23)26)18(24)21-12-14-8-10-15(11-9-14)22(2)3/h4-11,13H,12H2,1-3H3,(H,21,24)/t13-/m0/s1. The molecule has 0 saturated carbocycles. The van der Waals surface area contributed by atoms with Gasteiger partial charge in [-0.3, -0.25) is 19.3 Å². The molecule has 0 aliphatic carbocycles. The summed E-state index contributed by atoms with van der Waals surface area (Å²) in [4.78, 5) is 40.4. The molecule has 0 aromatic heterocycles. The monoisotopic (exact) mass is 351 g/mol. The van der Waals surface area contributed by atoms with Gasteiger partial charge in [-0.15, -0.1) is 0 Å². The maximum Gasteiger partial charge on any atom is 0.262 e. The van der Waals surface area contributed by atoms with Gasteiger partial charge in [0.2, 0.25) is 5.91 Å². The van der Waals surface area contributed by atoms with Crippen molar-refractivity contribution in [3.63, 3.8) is 0 Å². The third-order valence-corrected chi connectivity index (χ3v) is 4.51.